The Morgan fingerprint density at radius 2 is 1.06 bits per heavy atom. The molecule has 1 atom stereocenters. The summed E-state index contributed by atoms with van der Waals surface area (Å²) in [4.78, 5) is -0.729. The lowest BCUT2D eigenvalue weighted by Crippen LogP contribution is -2.20. The van der Waals surface area contributed by atoms with Crippen LogP contribution in [0.2, 0.25) is 0 Å². The Morgan fingerprint density at radius 3 is 1.35 bits per heavy atom. The maximum Gasteiger partial charge on any atom is 0.413 e. The van der Waals surface area contributed by atoms with E-state index in [1.807, 2.05) is 0 Å². The Bertz CT molecular complexity index is 1180. The van der Waals surface area contributed by atoms with Gasteiger partial charge in [-0.2, -0.15) is 43.2 Å². The van der Waals surface area contributed by atoms with Crippen LogP contribution < -0.4 is 5.30 Å². The summed E-state index contributed by atoms with van der Waals surface area (Å²) in [5, 5.41) is 0.403. The van der Waals surface area contributed by atoms with Gasteiger partial charge in [0.15, 0.2) is 18.5 Å². The number of rotatable bonds is 7. The van der Waals surface area contributed by atoms with E-state index in [1.54, 1.807) is 0 Å². The van der Waals surface area contributed by atoms with Gasteiger partial charge in [-0.1, -0.05) is 20.5 Å². The molecular formula is C17H15BrF6O7PS2+. The minimum absolute atomic E-state index is 0.319. The first-order chi connectivity index (χ1) is 15.3. The number of hydrogen-bond donors (Lipinski definition) is 0. The monoisotopic (exact) mass is 619 g/mol. The largest absolute Gasteiger partial charge is 0.413 e. The summed E-state index contributed by atoms with van der Waals surface area (Å²) in [6.45, 7) is -2.27. The molecule has 0 heterocycles. The van der Waals surface area contributed by atoms with Crippen LogP contribution in [0, 0.1) is 0 Å². The molecule has 0 N–H and O–H groups in total. The molecule has 0 bridgehead atoms. The average Bonchev–Trinajstić information content (AvgIpc) is 2.71. The lowest BCUT2D eigenvalue weighted by atomic mass is 10.4. The fourth-order valence-electron chi connectivity index (χ4n) is 1.85. The van der Waals surface area contributed by atoms with E-state index in [9.17, 15) is 47.7 Å². The van der Waals surface area contributed by atoms with E-state index in [4.69, 9.17) is 0 Å². The maximum absolute atomic E-state index is 11.8. The van der Waals surface area contributed by atoms with E-state index in [-0.39, 0.29) is 4.90 Å². The molecule has 0 radical (unpaired) electrons. The zero-order valence-corrected chi connectivity index (χ0v) is 20.9. The Morgan fingerprint density at radius 1 is 0.735 bits per heavy atom. The molecule has 190 valence electrons. The first-order valence-electron chi connectivity index (χ1n) is 8.51. The zero-order valence-electron chi connectivity index (χ0n) is 16.8. The molecular weight excluding hydrogens is 605 g/mol. The van der Waals surface area contributed by atoms with E-state index in [0.29, 0.717) is 9.78 Å². The Labute approximate surface area is 200 Å². The second-order valence-electron chi connectivity index (χ2n) is 6.11. The van der Waals surface area contributed by atoms with Crippen LogP contribution >= 0.6 is 23.7 Å². The summed E-state index contributed by atoms with van der Waals surface area (Å²) >= 11 is 3.07. The molecule has 1 unspecified atom stereocenters. The van der Waals surface area contributed by atoms with Crippen LogP contribution in [0.15, 0.2) is 62.8 Å². The van der Waals surface area contributed by atoms with E-state index >= 15 is 0 Å². The van der Waals surface area contributed by atoms with E-state index < -0.39 is 58.5 Å². The first-order valence-corrected chi connectivity index (χ1v) is 13.8. The highest BCUT2D eigenvalue weighted by molar-refractivity contribution is 9.10. The average molecular weight is 620 g/mol. The third kappa shape index (κ3) is 11.2. The fourth-order valence-corrected chi connectivity index (χ4v) is 4.47. The zero-order chi connectivity index (χ0) is 26.4. The van der Waals surface area contributed by atoms with Crippen molar-refractivity contribution in [2.24, 2.45) is 0 Å². The van der Waals surface area contributed by atoms with Gasteiger partial charge in [-0.3, -0.25) is 8.37 Å². The Balaban J connectivity index is 0.000000342. The smallest absolute Gasteiger partial charge is 0.257 e. The minimum atomic E-state index is -4.72. The van der Waals surface area contributed by atoms with Crippen molar-refractivity contribution in [3.63, 3.8) is 0 Å². The van der Waals surface area contributed by atoms with Gasteiger partial charge in [0.05, 0.1) is 9.79 Å². The summed E-state index contributed by atoms with van der Waals surface area (Å²) in [5.74, 6) is 0. The standard InChI is InChI=1S/C9H9F3O4PS.C8H6BrF3O3S/c1-17(13)7-2-4-8(5-3-7)18(14,15)16-6-9(10,11)12;9-6-1-3-7(4-2-6)16(13,14)15-5-8(10,11)12/h2-5H,6H2,1H3;1-4H,5H2/q+1;. The van der Waals surface area contributed by atoms with E-state index in [1.165, 1.54) is 30.9 Å². The van der Waals surface area contributed by atoms with Gasteiger partial charge in [0.25, 0.3) is 20.2 Å². The number of benzene rings is 2. The van der Waals surface area contributed by atoms with Gasteiger partial charge in [-0.05, 0) is 48.5 Å². The third-order valence-electron chi connectivity index (χ3n) is 3.35. The highest BCUT2D eigenvalue weighted by atomic mass is 79.9. The molecule has 0 aromatic heterocycles. The molecule has 2 aromatic carbocycles. The van der Waals surface area contributed by atoms with Crippen LogP contribution in [-0.4, -0.2) is 49.1 Å². The molecule has 17 heteroatoms. The molecule has 0 spiro atoms. The van der Waals surface area contributed by atoms with Crippen LogP contribution in [0.4, 0.5) is 26.3 Å². The lowest BCUT2D eigenvalue weighted by molar-refractivity contribution is -0.153. The van der Waals surface area contributed by atoms with Crippen LogP contribution in [0.3, 0.4) is 0 Å². The summed E-state index contributed by atoms with van der Waals surface area (Å²) < 4.78 is 135. The van der Waals surface area contributed by atoms with E-state index in [0.717, 1.165) is 24.3 Å². The number of alkyl halides is 6. The van der Waals surface area contributed by atoms with Crippen LogP contribution in [-0.2, 0) is 33.2 Å². The molecule has 7 nitrogen and oxygen atoms in total. The molecule has 0 aliphatic carbocycles. The van der Waals surface area contributed by atoms with Gasteiger partial charge < -0.3 is 0 Å². The van der Waals surface area contributed by atoms with Crippen LogP contribution in [0.25, 0.3) is 0 Å². The predicted molar refractivity (Wildman–Crippen MR) is 112 cm³/mol. The van der Waals surface area contributed by atoms with Crippen molar-refractivity contribution in [2.45, 2.75) is 22.1 Å². The predicted octanol–water partition coefficient (Wildman–Crippen LogP) is 4.75. The van der Waals surface area contributed by atoms with Gasteiger partial charge in [0, 0.05) is 4.47 Å². The van der Waals surface area contributed by atoms with Gasteiger partial charge >= 0.3 is 20.2 Å². The second kappa shape index (κ2) is 11.9. The first kappa shape index (κ1) is 30.5. The molecule has 0 saturated heterocycles. The van der Waals surface area contributed by atoms with Crippen LogP contribution in [0.5, 0.6) is 0 Å². The normalized spacial score (nSPS) is 13.1. The molecule has 0 amide bonds. The van der Waals surface area contributed by atoms with Crippen molar-refractivity contribution in [3.8, 4) is 0 Å². The van der Waals surface area contributed by atoms with E-state index in [2.05, 4.69) is 24.3 Å². The summed E-state index contributed by atoms with van der Waals surface area (Å²) in [5.41, 5.74) is 0. The molecule has 2 rings (SSSR count). The van der Waals surface area contributed by atoms with Crippen LogP contribution in [0.1, 0.15) is 0 Å². The maximum atomic E-state index is 11.8. The third-order valence-corrected chi connectivity index (χ3v) is 7.46. The SMILES string of the molecule is C[P+](=O)c1ccc(S(=O)(=O)OCC(F)(F)F)cc1.O=S(=O)(OCC(F)(F)F)c1ccc(Br)cc1. The molecule has 0 aliphatic rings. The molecule has 0 aliphatic heterocycles. The van der Waals surface area contributed by atoms with Crippen molar-refractivity contribution in [2.75, 3.05) is 19.9 Å². The highest BCUT2D eigenvalue weighted by Crippen LogP contribution is 2.22. The molecule has 2 aromatic rings. The molecule has 0 saturated carbocycles. The van der Waals surface area contributed by atoms with Gasteiger partial charge in [-0.25, -0.2) is 0 Å². The Kier molecular flexibility index (Phi) is 10.7. The number of halogens is 7. The molecule has 34 heavy (non-hydrogen) atoms. The van der Waals surface area contributed by atoms with Crippen molar-refractivity contribution in [1.29, 1.82) is 0 Å². The summed E-state index contributed by atoms with van der Waals surface area (Å²) in [6, 6.07) is 9.72. The topological polar surface area (TPSA) is 104 Å². The Hall–Kier alpha value is -1.58. The van der Waals surface area contributed by atoms with Gasteiger partial charge in [0.2, 0.25) is 0 Å². The minimum Gasteiger partial charge on any atom is -0.257 e. The van der Waals surface area contributed by atoms with Crippen molar-refractivity contribution >= 4 is 49.3 Å². The van der Waals surface area contributed by atoms with Gasteiger partial charge in [0.1, 0.15) is 6.66 Å². The summed E-state index contributed by atoms with van der Waals surface area (Å²) in [7, 11) is -10.4. The quantitative estimate of drug-likeness (QED) is 0.250. The number of hydrogen-bond acceptors (Lipinski definition) is 7. The van der Waals surface area contributed by atoms with Crippen molar-refractivity contribution in [1.82, 2.24) is 0 Å². The van der Waals surface area contributed by atoms with Crippen molar-refractivity contribution < 1.29 is 56.1 Å². The molecule has 0 fully saturated rings. The van der Waals surface area contributed by atoms with Gasteiger partial charge in [-0.15, -0.1) is 0 Å². The highest BCUT2D eigenvalue weighted by Gasteiger charge is 2.32. The fraction of sp³-hybridized carbons (Fsp3) is 0.294. The summed E-state index contributed by atoms with van der Waals surface area (Å²) in [6.07, 6.45) is -9.40. The second-order valence-corrected chi connectivity index (χ2v) is 11.8. The van der Waals surface area contributed by atoms with Crippen molar-refractivity contribution in [3.05, 3.63) is 53.0 Å². The lowest BCUT2D eigenvalue weighted by Gasteiger charge is -2.08.